The van der Waals surface area contributed by atoms with E-state index in [1.54, 1.807) is 0 Å². The topological polar surface area (TPSA) is 63.4 Å². The third-order valence-electron chi connectivity index (χ3n) is 5.12. The summed E-state index contributed by atoms with van der Waals surface area (Å²) in [6, 6.07) is 7.64. The Morgan fingerprint density at radius 2 is 2.00 bits per heavy atom. The summed E-state index contributed by atoms with van der Waals surface area (Å²) in [6.45, 7) is 1.07. The molecule has 118 valence electrons. The Labute approximate surface area is 135 Å². The summed E-state index contributed by atoms with van der Waals surface area (Å²) in [5.74, 6) is -0.378. The van der Waals surface area contributed by atoms with E-state index in [2.05, 4.69) is 0 Å². The molecule has 1 saturated heterocycles. The Hall–Kier alpha value is -1.55. The van der Waals surface area contributed by atoms with Gasteiger partial charge < -0.3 is 10.6 Å². The first kappa shape index (κ1) is 15.3. The highest BCUT2D eigenvalue weighted by Gasteiger charge is 2.46. The Morgan fingerprint density at radius 1 is 1.27 bits per heavy atom. The number of nitrogens with zero attached hydrogens (tertiary/aromatic N) is 1. The van der Waals surface area contributed by atoms with Gasteiger partial charge in [0.1, 0.15) is 0 Å². The molecule has 0 bridgehead atoms. The van der Waals surface area contributed by atoms with Crippen LogP contribution in [0.2, 0.25) is 5.02 Å². The number of nitrogens with two attached hydrogens (primary N) is 1. The minimum Gasteiger partial charge on any atom is -0.369 e. The van der Waals surface area contributed by atoms with Crippen LogP contribution < -0.4 is 5.73 Å². The molecule has 1 saturated carbocycles. The molecular weight excluding hydrogens is 300 g/mol. The van der Waals surface area contributed by atoms with Gasteiger partial charge in [-0.15, -0.1) is 0 Å². The van der Waals surface area contributed by atoms with E-state index in [0.717, 1.165) is 31.2 Å². The molecule has 1 aliphatic heterocycles. The Kier molecular flexibility index (Phi) is 4.13. The van der Waals surface area contributed by atoms with E-state index < -0.39 is 5.41 Å². The van der Waals surface area contributed by atoms with Gasteiger partial charge in [0.25, 0.3) is 0 Å². The smallest absolute Gasteiger partial charge is 0.233 e. The van der Waals surface area contributed by atoms with Crippen LogP contribution in [0.4, 0.5) is 0 Å². The Bertz CT molecular complexity index is 596. The molecule has 5 heteroatoms. The van der Waals surface area contributed by atoms with Crippen LogP contribution in [0.25, 0.3) is 0 Å². The molecule has 2 N–H and O–H groups in total. The lowest BCUT2D eigenvalue weighted by molar-refractivity contribution is -0.136. The molecule has 1 aromatic rings. The fourth-order valence-corrected chi connectivity index (χ4v) is 4.06. The van der Waals surface area contributed by atoms with Crippen molar-refractivity contribution in [1.29, 1.82) is 0 Å². The number of hydrogen-bond donors (Lipinski definition) is 1. The van der Waals surface area contributed by atoms with Gasteiger partial charge in [0.05, 0.1) is 11.3 Å². The van der Waals surface area contributed by atoms with Gasteiger partial charge in [-0.3, -0.25) is 9.59 Å². The van der Waals surface area contributed by atoms with Crippen LogP contribution in [0.5, 0.6) is 0 Å². The summed E-state index contributed by atoms with van der Waals surface area (Å²) in [4.78, 5) is 26.4. The van der Waals surface area contributed by atoms with E-state index in [1.165, 1.54) is 0 Å². The molecule has 1 aromatic carbocycles. The van der Waals surface area contributed by atoms with Crippen LogP contribution in [0.15, 0.2) is 24.3 Å². The normalized spacial score (nSPS) is 23.7. The fraction of sp³-hybridized carbons (Fsp3) is 0.529. The number of amides is 2. The molecule has 4 nitrogen and oxygen atoms in total. The van der Waals surface area contributed by atoms with Crippen molar-refractivity contribution in [2.24, 2.45) is 11.7 Å². The second kappa shape index (κ2) is 5.92. The molecule has 0 spiro atoms. The maximum absolute atomic E-state index is 13.2. The van der Waals surface area contributed by atoms with Crippen LogP contribution in [0.3, 0.4) is 0 Å². The van der Waals surface area contributed by atoms with Crippen LogP contribution in [-0.2, 0) is 15.0 Å². The zero-order chi connectivity index (χ0) is 15.7. The van der Waals surface area contributed by atoms with Crippen molar-refractivity contribution < 1.29 is 9.59 Å². The van der Waals surface area contributed by atoms with Gasteiger partial charge in [-0.05, 0) is 37.0 Å². The zero-order valence-corrected chi connectivity index (χ0v) is 13.3. The van der Waals surface area contributed by atoms with Crippen LogP contribution in [-0.4, -0.2) is 29.8 Å². The molecule has 0 aromatic heterocycles. The van der Waals surface area contributed by atoms with Crippen molar-refractivity contribution in [3.63, 3.8) is 0 Å². The standard InChI is InChI=1S/C17H21ClN2O2/c18-14-5-3-4-13(10-14)17(7-1-2-8-17)16(22)20-9-6-12(11-20)15(19)21/h3-5,10,12H,1-2,6-9,11H2,(H2,19,21). The van der Waals surface area contributed by atoms with E-state index >= 15 is 0 Å². The summed E-state index contributed by atoms with van der Waals surface area (Å²) in [6.07, 6.45) is 4.47. The highest BCUT2D eigenvalue weighted by molar-refractivity contribution is 6.30. The number of halogens is 1. The lowest BCUT2D eigenvalue weighted by atomic mass is 9.77. The number of rotatable bonds is 3. The number of hydrogen-bond acceptors (Lipinski definition) is 2. The lowest BCUT2D eigenvalue weighted by Gasteiger charge is -2.33. The van der Waals surface area contributed by atoms with Crippen molar-refractivity contribution >= 4 is 23.4 Å². The minimum atomic E-state index is -0.475. The number of primary amides is 1. The van der Waals surface area contributed by atoms with Crippen molar-refractivity contribution in [1.82, 2.24) is 4.90 Å². The van der Waals surface area contributed by atoms with Gasteiger partial charge in [-0.1, -0.05) is 36.6 Å². The molecular formula is C17H21ClN2O2. The van der Waals surface area contributed by atoms with Crippen LogP contribution in [0.1, 0.15) is 37.7 Å². The monoisotopic (exact) mass is 320 g/mol. The molecule has 1 aliphatic carbocycles. The van der Waals surface area contributed by atoms with Gasteiger partial charge >= 0.3 is 0 Å². The highest BCUT2D eigenvalue weighted by atomic mass is 35.5. The minimum absolute atomic E-state index is 0.135. The predicted molar refractivity (Wildman–Crippen MR) is 85.5 cm³/mol. The molecule has 22 heavy (non-hydrogen) atoms. The number of carbonyl (C=O) groups excluding carboxylic acids is 2. The third-order valence-corrected chi connectivity index (χ3v) is 5.36. The van der Waals surface area contributed by atoms with Gasteiger partial charge in [0.15, 0.2) is 0 Å². The van der Waals surface area contributed by atoms with Crippen LogP contribution in [0, 0.1) is 5.92 Å². The number of benzene rings is 1. The average molecular weight is 321 g/mol. The summed E-state index contributed by atoms with van der Waals surface area (Å²) in [7, 11) is 0. The SMILES string of the molecule is NC(=O)C1CCN(C(=O)C2(c3cccc(Cl)c3)CCCC2)C1. The fourth-order valence-electron chi connectivity index (χ4n) is 3.87. The van der Waals surface area contributed by atoms with Gasteiger partial charge in [-0.25, -0.2) is 0 Å². The van der Waals surface area contributed by atoms with Crippen molar-refractivity contribution in [3.05, 3.63) is 34.9 Å². The molecule has 2 aliphatic rings. The van der Waals surface area contributed by atoms with Crippen LogP contribution >= 0.6 is 11.6 Å². The molecule has 0 radical (unpaired) electrons. The molecule has 2 fully saturated rings. The van der Waals surface area contributed by atoms with Gasteiger partial charge in [-0.2, -0.15) is 0 Å². The van der Waals surface area contributed by atoms with E-state index in [1.807, 2.05) is 29.2 Å². The summed E-state index contributed by atoms with van der Waals surface area (Å²) >= 11 is 6.13. The van der Waals surface area contributed by atoms with Crippen molar-refractivity contribution in [2.45, 2.75) is 37.5 Å². The Morgan fingerprint density at radius 3 is 2.59 bits per heavy atom. The van der Waals surface area contributed by atoms with E-state index in [0.29, 0.717) is 24.5 Å². The maximum Gasteiger partial charge on any atom is 0.233 e. The first-order chi connectivity index (χ1) is 10.5. The number of carbonyl (C=O) groups is 2. The quantitative estimate of drug-likeness (QED) is 0.930. The molecule has 2 amide bonds. The van der Waals surface area contributed by atoms with Gasteiger partial charge in [0.2, 0.25) is 11.8 Å². The van der Waals surface area contributed by atoms with E-state index in [-0.39, 0.29) is 17.7 Å². The van der Waals surface area contributed by atoms with Gasteiger partial charge in [0, 0.05) is 18.1 Å². The average Bonchev–Trinajstić information content (AvgIpc) is 3.17. The van der Waals surface area contributed by atoms with Crippen molar-refractivity contribution in [2.75, 3.05) is 13.1 Å². The number of likely N-dealkylation sites (tertiary alicyclic amines) is 1. The third kappa shape index (κ3) is 2.60. The summed E-state index contributed by atoms with van der Waals surface area (Å²) < 4.78 is 0. The highest BCUT2D eigenvalue weighted by Crippen LogP contribution is 2.44. The Balaban J connectivity index is 1.88. The maximum atomic E-state index is 13.2. The molecule has 1 atom stereocenters. The molecule has 1 heterocycles. The molecule has 3 rings (SSSR count). The zero-order valence-electron chi connectivity index (χ0n) is 12.6. The van der Waals surface area contributed by atoms with E-state index in [9.17, 15) is 9.59 Å². The predicted octanol–water partition coefficient (Wildman–Crippen LogP) is 2.49. The summed E-state index contributed by atoms with van der Waals surface area (Å²) in [5.41, 5.74) is 5.91. The van der Waals surface area contributed by atoms with E-state index in [4.69, 9.17) is 17.3 Å². The van der Waals surface area contributed by atoms with Crippen molar-refractivity contribution in [3.8, 4) is 0 Å². The second-order valence-corrected chi connectivity index (χ2v) is 6.88. The summed E-state index contributed by atoms with van der Waals surface area (Å²) in [5, 5.41) is 0.660. The first-order valence-corrected chi connectivity index (χ1v) is 8.25. The second-order valence-electron chi connectivity index (χ2n) is 6.44. The largest absolute Gasteiger partial charge is 0.369 e. The molecule has 1 unspecified atom stereocenters. The first-order valence-electron chi connectivity index (χ1n) is 7.88. The lowest BCUT2D eigenvalue weighted by Crippen LogP contribution is -2.45.